The standard InChI is InChI=1S/C9H9N/c1-8-4-2-3-5-9(6-8)7-10/h2-3,5-6H,4H2,1H3. The summed E-state index contributed by atoms with van der Waals surface area (Å²) >= 11 is 0. The first-order valence-corrected chi connectivity index (χ1v) is 3.27. The van der Waals surface area contributed by atoms with Gasteiger partial charge >= 0.3 is 0 Å². The van der Waals surface area contributed by atoms with Crippen LogP contribution >= 0.6 is 0 Å². The minimum absolute atomic E-state index is 0.742. The maximum atomic E-state index is 8.54. The first kappa shape index (κ1) is 6.82. The molecule has 1 rings (SSSR count). The van der Waals surface area contributed by atoms with E-state index in [1.54, 1.807) is 0 Å². The minimum Gasteiger partial charge on any atom is -0.192 e. The number of allylic oxidation sites excluding steroid dienone is 6. The highest BCUT2D eigenvalue weighted by Crippen LogP contribution is 2.09. The molecule has 1 nitrogen and oxygen atoms in total. The van der Waals surface area contributed by atoms with Gasteiger partial charge in [0.25, 0.3) is 0 Å². The van der Waals surface area contributed by atoms with Crippen molar-refractivity contribution >= 4 is 0 Å². The van der Waals surface area contributed by atoms with Gasteiger partial charge in [-0.15, -0.1) is 0 Å². The predicted molar refractivity (Wildman–Crippen MR) is 41.2 cm³/mol. The van der Waals surface area contributed by atoms with Crippen LogP contribution in [0, 0.1) is 11.3 Å². The predicted octanol–water partition coefficient (Wildman–Crippen LogP) is 2.34. The van der Waals surface area contributed by atoms with E-state index >= 15 is 0 Å². The van der Waals surface area contributed by atoms with Crippen molar-refractivity contribution in [2.24, 2.45) is 0 Å². The maximum Gasteiger partial charge on any atom is 0.0991 e. The first-order chi connectivity index (χ1) is 4.83. The van der Waals surface area contributed by atoms with E-state index in [2.05, 4.69) is 12.1 Å². The van der Waals surface area contributed by atoms with Crippen LogP contribution in [0.2, 0.25) is 0 Å². The summed E-state index contributed by atoms with van der Waals surface area (Å²) in [4.78, 5) is 0. The molecule has 0 aliphatic heterocycles. The zero-order chi connectivity index (χ0) is 7.40. The Labute approximate surface area is 61.0 Å². The Hall–Kier alpha value is -1.29. The van der Waals surface area contributed by atoms with Crippen LogP contribution in [-0.4, -0.2) is 0 Å². The summed E-state index contributed by atoms with van der Waals surface area (Å²) in [5.41, 5.74) is 1.98. The third-order valence-electron chi connectivity index (χ3n) is 1.38. The fourth-order valence-corrected chi connectivity index (χ4v) is 0.868. The normalized spacial score (nSPS) is 16.8. The molecular formula is C9H9N. The van der Waals surface area contributed by atoms with Gasteiger partial charge in [0.2, 0.25) is 0 Å². The molecule has 10 heavy (non-hydrogen) atoms. The third-order valence-corrected chi connectivity index (χ3v) is 1.38. The Kier molecular flexibility index (Phi) is 2.07. The molecule has 0 unspecified atom stereocenters. The van der Waals surface area contributed by atoms with Gasteiger partial charge in [0.15, 0.2) is 0 Å². The maximum absolute atomic E-state index is 8.54. The highest BCUT2D eigenvalue weighted by atomic mass is 14.2. The molecule has 1 heteroatoms. The van der Waals surface area contributed by atoms with Gasteiger partial charge in [-0.25, -0.2) is 0 Å². The lowest BCUT2D eigenvalue weighted by atomic mass is 10.2. The molecule has 0 aromatic heterocycles. The Morgan fingerprint density at radius 3 is 3.10 bits per heavy atom. The van der Waals surface area contributed by atoms with Crippen molar-refractivity contribution in [2.45, 2.75) is 13.3 Å². The molecule has 0 saturated heterocycles. The Morgan fingerprint density at radius 2 is 2.40 bits per heavy atom. The molecule has 0 radical (unpaired) electrons. The van der Waals surface area contributed by atoms with Gasteiger partial charge in [-0.1, -0.05) is 17.7 Å². The van der Waals surface area contributed by atoms with Gasteiger partial charge in [-0.3, -0.25) is 0 Å². The quantitative estimate of drug-likeness (QED) is 0.495. The fraction of sp³-hybridized carbons (Fsp3) is 0.222. The molecule has 0 N–H and O–H groups in total. The summed E-state index contributed by atoms with van der Waals surface area (Å²) in [6.07, 6.45) is 8.68. The molecule has 50 valence electrons. The Morgan fingerprint density at radius 1 is 1.60 bits per heavy atom. The number of hydrogen-bond donors (Lipinski definition) is 0. The van der Waals surface area contributed by atoms with Crippen LogP contribution in [0.15, 0.2) is 35.5 Å². The SMILES string of the molecule is CC1=CC(C#N)=CC=CC1. The molecule has 0 bridgehead atoms. The van der Waals surface area contributed by atoms with Gasteiger partial charge in [0.1, 0.15) is 0 Å². The molecule has 1 aliphatic carbocycles. The highest BCUT2D eigenvalue weighted by molar-refractivity contribution is 5.40. The molecule has 0 amide bonds. The van der Waals surface area contributed by atoms with Crippen molar-refractivity contribution < 1.29 is 0 Å². The van der Waals surface area contributed by atoms with E-state index in [1.807, 2.05) is 25.2 Å². The van der Waals surface area contributed by atoms with E-state index in [0.29, 0.717) is 0 Å². The number of nitriles is 1. The average molecular weight is 131 g/mol. The number of rotatable bonds is 0. The van der Waals surface area contributed by atoms with E-state index in [4.69, 9.17) is 5.26 Å². The lowest BCUT2D eigenvalue weighted by Crippen LogP contribution is -1.72. The summed E-state index contributed by atoms with van der Waals surface area (Å²) in [7, 11) is 0. The van der Waals surface area contributed by atoms with E-state index in [9.17, 15) is 0 Å². The first-order valence-electron chi connectivity index (χ1n) is 3.27. The van der Waals surface area contributed by atoms with E-state index in [1.165, 1.54) is 5.57 Å². The number of nitrogens with zero attached hydrogens (tertiary/aromatic N) is 1. The Balaban J connectivity index is 2.92. The number of hydrogen-bond acceptors (Lipinski definition) is 1. The van der Waals surface area contributed by atoms with Crippen molar-refractivity contribution in [3.05, 3.63) is 35.5 Å². The molecule has 0 fully saturated rings. The largest absolute Gasteiger partial charge is 0.192 e. The summed E-state index contributed by atoms with van der Waals surface area (Å²) in [5, 5.41) is 8.54. The topological polar surface area (TPSA) is 23.8 Å². The Bertz CT molecular complexity index is 248. The van der Waals surface area contributed by atoms with E-state index < -0.39 is 0 Å². The second-order valence-corrected chi connectivity index (χ2v) is 2.36. The van der Waals surface area contributed by atoms with Crippen LogP contribution in [0.1, 0.15) is 13.3 Å². The van der Waals surface area contributed by atoms with Gasteiger partial charge in [0.05, 0.1) is 11.6 Å². The van der Waals surface area contributed by atoms with Gasteiger partial charge < -0.3 is 0 Å². The molecule has 0 aromatic rings. The molecule has 0 saturated carbocycles. The van der Waals surface area contributed by atoms with Gasteiger partial charge in [-0.05, 0) is 25.5 Å². The summed E-state index contributed by atoms with van der Waals surface area (Å²) in [5.74, 6) is 0. The van der Waals surface area contributed by atoms with Crippen LogP contribution in [0.3, 0.4) is 0 Å². The van der Waals surface area contributed by atoms with Crippen LogP contribution in [0.5, 0.6) is 0 Å². The third kappa shape index (κ3) is 1.60. The monoisotopic (exact) mass is 131 g/mol. The van der Waals surface area contributed by atoms with E-state index in [-0.39, 0.29) is 0 Å². The summed E-state index contributed by atoms with van der Waals surface area (Å²) < 4.78 is 0. The van der Waals surface area contributed by atoms with Crippen molar-refractivity contribution in [1.82, 2.24) is 0 Å². The van der Waals surface area contributed by atoms with Crippen LogP contribution in [-0.2, 0) is 0 Å². The average Bonchev–Trinajstić information content (AvgIpc) is 2.13. The second-order valence-electron chi connectivity index (χ2n) is 2.36. The zero-order valence-corrected chi connectivity index (χ0v) is 5.96. The molecule has 0 spiro atoms. The van der Waals surface area contributed by atoms with Gasteiger partial charge in [0, 0.05) is 0 Å². The van der Waals surface area contributed by atoms with E-state index in [0.717, 1.165) is 12.0 Å². The van der Waals surface area contributed by atoms with Crippen molar-refractivity contribution in [2.75, 3.05) is 0 Å². The lowest BCUT2D eigenvalue weighted by molar-refractivity contribution is 1.21. The smallest absolute Gasteiger partial charge is 0.0991 e. The van der Waals surface area contributed by atoms with Crippen LogP contribution in [0.4, 0.5) is 0 Å². The highest BCUT2D eigenvalue weighted by Gasteiger charge is 1.93. The molecule has 0 aromatic carbocycles. The molecular weight excluding hydrogens is 122 g/mol. The van der Waals surface area contributed by atoms with Crippen LogP contribution in [0.25, 0.3) is 0 Å². The van der Waals surface area contributed by atoms with Crippen molar-refractivity contribution in [3.8, 4) is 6.07 Å². The lowest BCUT2D eigenvalue weighted by Gasteiger charge is -1.89. The summed E-state index contributed by atoms with van der Waals surface area (Å²) in [6.45, 7) is 2.03. The van der Waals surface area contributed by atoms with Crippen LogP contribution < -0.4 is 0 Å². The molecule has 0 heterocycles. The van der Waals surface area contributed by atoms with Crippen molar-refractivity contribution in [1.29, 1.82) is 5.26 Å². The second kappa shape index (κ2) is 3.03. The molecule has 0 atom stereocenters. The van der Waals surface area contributed by atoms with Crippen molar-refractivity contribution in [3.63, 3.8) is 0 Å². The summed E-state index contributed by atoms with van der Waals surface area (Å²) in [6, 6.07) is 2.11. The zero-order valence-electron chi connectivity index (χ0n) is 5.96. The molecule has 1 aliphatic rings. The van der Waals surface area contributed by atoms with Gasteiger partial charge in [-0.2, -0.15) is 5.26 Å². The minimum atomic E-state index is 0.742. The fourth-order valence-electron chi connectivity index (χ4n) is 0.868.